The smallest absolute Gasteiger partial charge is 0.436 e. The van der Waals surface area contributed by atoms with E-state index in [4.69, 9.17) is 4.42 Å². The van der Waals surface area contributed by atoms with Crippen molar-refractivity contribution >= 4 is 33.4 Å². The molecular formula is C19H20BrF3N6O3. The minimum Gasteiger partial charge on any atom is -0.467 e. The van der Waals surface area contributed by atoms with Crippen LogP contribution in [0.5, 0.6) is 0 Å². The lowest BCUT2D eigenvalue weighted by molar-refractivity contribution is -0.142. The fourth-order valence-electron chi connectivity index (χ4n) is 2.85. The standard InChI is InChI=1S/C19H20BrF3N6O3/c1-3-28-10-13(16(26-28)18(31)24-9-12-5-4-8-32-12)25-14(30)6-7-29-11(2)15(20)17(27-29)19(21,22)23/h4-5,8,10H,3,6-7,9H2,1-2H3,(H,24,31)(H,25,30). The van der Waals surface area contributed by atoms with Crippen molar-refractivity contribution in [3.8, 4) is 0 Å². The first-order valence-corrected chi connectivity index (χ1v) is 10.4. The highest BCUT2D eigenvalue weighted by atomic mass is 79.9. The topological polar surface area (TPSA) is 107 Å². The zero-order valence-corrected chi connectivity index (χ0v) is 18.7. The Hall–Kier alpha value is -3.09. The largest absolute Gasteiger partial charge is 0.467 e. The fraction of sp³-hybridized carbons (Fsp3) is 0.368. The van der Waals surface area contributed by atoms with E-state index in [1.54, 1.807) is 12.1 Å². The number of rotatable bonds is 8. The van der Waals surface area contributed by atoms with Crippen LogP contribution in [0.3, 0.4) is 0 Å². The van der Waals surface area contributed by atoms with Crippen LogP contribution in [0.4, 0.5) is 18.9 Å². The van der Waals surface area contributed by atoms with Crippen LogP contribution in [0.15, 0.2) is 33.5 Å². The van der Waals surface area contributed by atoms with Crippen molar-refractivity contribution in [2.24, 2.45) is 0 Å². The van der Waals surface area contributed by atoms with Crippen LogP contribution < -0.4 is 10.6 Å². The van der Waals surface area contributed by atoms with E-state index in [1.165, 1.54) is 24.1 Å². The van der Waals surface area contributed by atoms with E-state index in [2.05, 4.69) is 36.8 Å². The first kappa shape index (κ1) is 23.6. The summed E-state index contributed by atoms with van der Waals surface area (Å²) in [7, 11) is 0. The molecule has 2 amide bonds. The summed E-state index contributed by atoms with van der Waals surface area (Å²) in [6.07, 6.45) is -1.77. The van der Waals surface area contributed by atoms with Crippen molar-refractivity contribution in [1.82, 2.24) is 24.9 Å². The van der Waals surface area contributed by atoms with Crippen LogP contribution in [0.25, 0.3) is 0 Å². The van der Waals surface area contributed by atoms with E-state index >= 15 is 0 Å². The SMILES string of the molecule is CCn1cc(NC(=O)CCn2nc(C(F)(F)F)c(Br)c2C)c(C(=O)NCc2ccco2)n1. The highest BCUT2D eigenvalue weighted by molar-refractivity contribution is 9.10. The summed E-state index contributed by atoms with van der Waals surface area (Å²) in [4.78, 5) is 25.0. The fourth-order valence-corrected chi connectivity index (χ4v) is 3.36. The molecule has 0 aliphatic heterocycles. The summed E-state index contributed by atoms with van der Waals surface area (Å²) in [5.74, 6) is -0.455. The molecule has 2 N–H and O–H groups in total. The van der Waals surface area contributed by atoms with Crippen LogP contribution in [-0.2, 0) is 30.6 Å². The molecule has 0 bridgehead atoms. The van der Waals surface area contributed by atoms with Gasteiger partial charge >= 0.3 is 6.18 Å². The number of aromatic nitrogens is 4. The Bertz CT molecular complexity index is 1100. The zero-order chi connectivity index (χ0) is 23.5. The van der Waals surface area contributed by atoms with E-state index < -0.39 is 23.7 Å². The van der Waals surface area contributed by atoms with Crippen LogP contribution >= 0.6 is 15.9 Å². The molecule has 0 saturated carbocycles. The maximum absolute atomic E-state index is 13.0. The number of nitrogens with zero attached hydrogens (tertiary/aromatic N) is 4. The highest BCUT2D eigenvalue weighted by Crippen LogP contribution is 2.35. The van der Waals surface area contributed by atoms with Gasteiger partial charge in [0.05, 0.1) is 35.2 Å². The van der Waals surface area contributed by atoms with E-state index in [0.717, 1.165) is 4.68 Å². The summed E-state index contributed by atoms with van der Waals surface area (Å²) in [5, 5.41) is 13.0. The molecule has 0 aromatic carbocycles. The molecule has 0 fully saturated rings. The molecule has 0 atom stereocenters. The van der Waals surface area contributed by atoms with Crippen molar-refractivity contribution in [1.29, 1.82) is 0 Å². The Morgan fingerprint density at radius 3 is 2.62 bits per heavy atom. The maximum Gasteiger partial charge on any atom is 0.436 e. The number of aryl methyl sites for hydroxylation is 2. The second-order valence-electron chi connectivity index (χ2n) is 6.78. The van der Waals surface area contributed by atoms with Crippen molar-refractivity contribution in [3.63, 3.8) is 0 Å². The molecule has 0 unspecified atom stereocenters. The average Bonchev–Trinajstić information content (AvgIpc) is 3.45. The van der Waals surface area contributed by atoms with Crippen LogP contribution in [0.2, 0.25) is 0 Å². The van der Waals surface area contributed by atoms with E-state index in [0.29, 0.717) is 12.3 Å². The molecule has 32 heavy (non-hydrogen) atoms. The third-order valence-electron chi connectivity index (χ3n) is 4.53. The maximum atomic E-state index is 13.0. The number of hydrogen-bond acceptors (Lipinski definition) is 5. The Morgan fingerprint density at radius 1 is 1.28 bits per heavy atom. The number of anilines is 1. The van der Waals surface area contributed by atoms with Crippen LogP contribution in [-0.4, -0.2) is 31.4 Å². The van der Waals surface area contributed by atoms with Gasteiger partial charge in [0.15, 0.2) is 11.4 Å². The number of hydrogen-bond donors (Lipinski definition) is 2. The van der Waals surface area contributed by atoms with E-state index in [-0.39, 0.29) is 41.1 Å². The van der Waals surface area contributed by atoms with Gasteiger partial charge in [-0.2, -0.15) is 23.4 Å². The summed E-state index contributed by atoms with van der Waals surface area (Å²) in [5.41, 5.74) is -0.579. The summed E-state index contributed by atoms with van der Waals surface area (Å²) in [6.45, 7) is 3.83. The normalized spacial score (nSPS) is 11.6. The molecule has 3 heterocycles. The van der Waals surface area contributed by atoms with Gasteiger partial charge in [0.2, 0.25) is 5.91 Å². The monoisotopic (exact) mass is 516 g/mol. The molecule has 9 nitrogen and oxygen atoms in total. The number of alkyl halides is 3. The number of halogens is 4. The lowest BCUT2D eigenvalue weighted by atomic mass is 10.3. The third-order valence-corrected chi connectivity index (χ3v) is 5.48. The predicted molar refractivity (Wildman–Crippen MR) is 111 cm³/mol. The second-order valence-corrected chi connectivity index (χ2v) is 7.57. The van der Waals surface area contributed by atoms with Gasteiger partial charge in [-0.05, 0) is 41.9 Å². The van der Waals surface area contributed by atoms with E-state index in [9.17, 15) is 22.8 Å². The van der Waals surface area contributed by atoms with Gasteiger partial charge < -0.3 is 15.1 Å². The molecular weight excluding hydrogens is 497 g/mol. The Kier molecular flexibility index (Phi) is 7.06. The number of furan rings is 1. The number of amides is 2. The molecule has 3 aromatic rings. The molecule has 0 spiro atoms. The molecule has 13 heteroatoms. The van der Waals surface area contributed by atoms with Gasteiger partial charge in [-0.3, -0.25) is 19.0 Å². The lowest BCUT2D eigenvalue weighted by Crippen LogP contribution is -2.25. The molecule has 0 saturated heterocycles. The first-order valence-electron chi connectivity index (χ1n) is 9.58. The average molecular weight is 517 g/mol. The minimum atomic E-state index is -4.61. The van der Waals surface area contributed by atoms with E-state index in [1.807, 2.05) is 6.92 Å². The molecule has 172 valence electrons. The van der Waals surface area contributed by atoms with Crippen molar-refractivity contribution in [3.05, 3.63) is 51.9 Å². The molecule has 3 aromatic heterocycles. The van der Waals surface area contributed by atoms with Gasteiger partial charge in [-0.15, -0.1) is 0 Å². The van der Waals surface area contributed by atoms with Crippen molar-refractivity contribution < 1.29 is 27.2 Å². The van der Waals surface area contributed by atoms with Gasteiger partial charge in [0, 0.05) is 19.2 Å². The summed E-state index contributed by atoms with van der Waals surface area (Å²) >= 11 is 2.90. The van der Waals surface area contributed by atoms with Crippen LogP contribution in [0, 0.1) is 6.92 Å². The second kappa shape index (κ2) is 9.59. The quantitative estimate of drug-likeness (QED) is 0.474. The highest BCUT2D eigenvalue weighted by Gasteiger charge is 2.37. The Labute approximate surface area is 189 Å². The Morgan fingerprint density at radius 2 is 2.03 bits per heavy atom. The Balaban J connectivity index is 1.66. The van der Waals surface area contributed by atoms with Gasteiger partial charge in [-0.25, -0.2) is 0 Å². The third kappa shape index (κ3) is 5.39. The molecule has 0 radical (unpaired) electrons. The molecule has 0 aliphatic rings. The predicted octanol–water partition coefficient (Wildman–Crippen LogP) is 3.74. The summed E-state index contributed by atoms with van der Waals surface area (Å²) < 4.78 is 46.6. The van der Waals surface area contributed by atoms with Crippen molar-refractivity contribution in [2.75, 3.05) is 5.32 Å². The number of carbonyl (C=O) groups is 2. The molecule has 3 rings (SSSR count). The lowest BCUT2D eigenvalue weighted by Gasteiger charge is -2.07. The van der Waals surface area contributed by atoms with Crippen LogP contribution in [0.1, 0.15) is 41.0 Å². The first-order chi connectivity index (χ1) is 15.1. The minimum absolute atomic E-state index is 0.0177. The zero-order valence-electron chi connectivity index (χ0n) is 17.2. The van der Waals surface area contributed by atoms with Gasteiger partial charge in [0.25, 0.3) is 5.91 Å². The van der Waals surface area contributed by atoms with Gasteiger partial charge in [-0.1, -0.05) is 0 Å². The molecule has 0 aliphatic carbocycles. The number of carbonyl (C=O) groups excluding carboxylic acids is 2. The van der Waals surface area contributed by atoms with Crippen molar-refractivity contribution in [2.45, 2.75) is 46.1 Å². The van der Waals surface area contributed by atoms with Gasteiger partial charge in [0.1, 0.15) is 5.76 Å². The summed E-state index contributed by atoms with van der Waals surface area (Å²) in [6, 6.07) is 3.39. The number of nitrogens with one attached hydrogen (secondary N) is 2.